The van der Waals surface area contributed by atoms with Crippen LogP contribution in [0.4, 0.5) is 0 Å². The summed E-state index contributed by atoms with van der Waals surface area (Å²) in [7, 11) is 0. The summed E-state index contributed by atoms with van der Waals surface area (Å²) in [6.07, 6.45) is 7.24. The highest BCUT2D eigenvalue weighted by atomic mass is 16.2. The van der Waals surface area contributed by atoms with Crippen molar-refractivity contribution in [2.45, 2.75) is 26.2 Å². The molecule has 0 aromatic heterocycles. The van der Waals surface area contributed by atoms with E-state index >= 15 is 0 Å². The van der Waals surface area contributed by atoms with Gasteiger partial charge in [0.15, 0.2) is 0 Å². The van der Waals surface area contributed by atoms with Gasteiger partial charge in [0.05, 0.1) is 11.8 Å². The molecular formula is C17H22N2O3. The molecule has 0 N–H and O–H groups in total. The molecule has 3 amide bonds. The molecule has 2 aliphatic heterocycles. The van der Waals surface area contributed by atoms with Crippen LogP contribution in [0.1, 0.15) is 26.2 Å². The molecule has 5 heteroatoms. The maximum atomic E-state index is 12.6. The normalized spacial score (nSPS) is 39.8. The molecule has 22 heavy (non-hydrogen) atoms. The minimum atomic E-state index is -0.199. The van der Waals surface area contributed by atoms with Crippen molar-refractivity contribution in [3.05, 3.63) is 12.2 Å². The minimum absolute atomic E-state index is 0.0587. The van der Waals surface area contributed by atoms with Gasteiger partial charge < -0.3 is 4.90 Å². The van der Waals surface area contributed by atoms with Crippen molar-refractivity contribution in [2.75, 3.05) is 19.6 Å². The predicted octanol–water partition coefficient (Wildman–Crippen LogP) is 1.05. The highest BCUT2D eigenvalue weighted by Gasteiger charge is 2.59. The molecule has 5 atom stereocenters. The summed E-state index contributed by atoms with van der Waals surface area (Å²) in [4.78, 5) is 40.6. The van der Waals surface area contributed by atoms with E-state index in [1.165, 1.54) is 4.90 Å². The van der Waals surface area contributed by atoms with Crippen LogP contribution in [0.15, 0.2) is 12.2 Å². The van der Waals surface area contributed by atoms with Crippen molar-refractivity contribution >= 4 is 17.7 Å². The van der Waals surface area contributed by atoms with Crippen molar-refractivity contribution < 1.29 is 14.4 Å². The first-order chi connectivity index (χ1) is 10.6. The van der Waals surface area contributed by atoms with Gasteiger partial charge in [-0.2, -0.15) is 0 Å². The summed E-state index contributed by atoms with van der Waals surface area (Å²) in [5.74, 6) is 0.209. The Morgan fingerprint density at radius 2 is 1.82 bits per heavy atom. The third-order valence-corrected chi connectivity index (χ3v) is 5.86. The van der Waals surface area contributed by atoms with Gasteiger partial charge in [0, 0.05) is 13.1 Å². The molecule has 118 valence electrons. The van der Waals surface area contributed by atoms with Crippen LogP contribution >= 0.6 is 0 Å². The van der Waals surface area contributed by atoms with Gasteiger partial charge in [-0.05, 0) is 37.0 Å². The lowest BCUT2D eigenvalue weighted by Gasteiger charge is -2.32. The predicted molar refractivity (Wildman–Crippen MR) is 79.4 cm³/mol. The molecule has 4 rings (SSSR count). The summed E-state index contributed by atoms with van der Waals surface area (Å²) in [6.45, 7) is 3.57. The van der Waals surface area contributed by atoms with Gasteiger partial charge >= 0.3 is 0 Å². The Morgan fingerprint density at radius 3 is 2.41 bits per heavy atom. The van der Waals surface area contributed by atoms with Crippen LogP contribution in [0.3, 0.4) is 0 Å². The number of likely N-dealkylation sites (tertiary alicyclic amines) is 2. The molecule has 4 aliphatic rings. The first-order valence-corrected chi connectivity index (χ1v) is 8.37. The van der Waals surface area contributed by atoms with Gasteiger partial charge in [0.25, 0.3) is 0 Å². The minimum Gasteiger partial charge on any atom is -0.341 e. The monoisotopic (exact) mass is 302 g/mol. The number of hydrogen-bond donors (Lipinski definition) is 0. The number of fused-ring (bicyclic) bond motifs is 5. The number of imide groups is 1. The highest BCUT2D eigenvalue weighted by Crippen LogP contribution is 2.52. The third-order valence-electron chi connectivity index (χ3n) is 5.86. The number of allylic oxidation sites excluding steroid dienone is 2. The zero-order chi connectivity index (χ0) is 15.4. The summed E-state index contributed by atoms with van der Waals surface area (Å²) < 4.78 is 0. The van der Waals surface area contributed by atoms with Gasteiger partial charge in [-0.25, -0.2) is 0 Å². The Bertz CT molecular complexity index is 540. The number of nitrogens with zero attached hydrogens (tertiary/aromatic N) is 2. The summed E-state index contributed by atoms with van der Waals surface area (Å²) in [5, 5.41) is 0. The average molecular weight is 302 g/mol. The molecular weight excluding hydrogens is 280 g/mol. The second-order valence-electron chi connectivity index (χ2n) is 7.35. The topological polar surface area (TPSA) is 57.7 Å². The highest BCUT2D eigenvalue weighted by molar-refractivity contribution is 6.08. The largest absolute Gasteiger partial charge is 0.341 e. The molecule has 2 heterocycles. The Hall–Kier alpha value is -1.65. The average Bonchev–Trinajstić information content (AvgIpc) is 3.17. The summed E-state index contributed by atoms with van der Waals surface area (Å²) >= 11 is 0. The second-order valence-corrected chi connectivity index (χ2v) is 7.35. The second kappa shape index (κ2) is 4.93. The van der Waals surface area contributed by atoms with Gasteiger partial charge in [-0.15, -0.1) is 0 Å². The van der Waals surface area contributed by atoms with E-state index in [0.717, 1.165) is 32.4 Å². The fraction of sp³-hybridized carbons (Fsp3) is 0.706. The van der Waals surface area contributed by atoms with Crippen LogP contribution in [0.25, 0.3) is 0 Å². The SMILES string of the molecule is C[C@H]1CCCN(C(=O)CN2C(=O)[C@@H]3[C@H](C2=O)[C@@H]2C=C[C@H]3C2)C1. The molecule has 2 aliphatic carbocycles. The molecule has 0 spiro atoms. The number of rotatable bonds is 2. The Balaban J connectivity index is 1.47. The zero-order valence-corrected chi connectivity index (χ0v) is 12.9. The lowest BCUT2D eigenvalue weighted by atomic mass is 9.85. The van der Waals surface area contributed by atoms with E-state index in [1.807, 2.05) is 4.90 Å². The molecule has 5 nitrogen and oxygen atoms in total. The Labute approximate surface area is 130 Å². The molecule has 3 fully saturated rings. The first-order valence-electron chi connectivity index (χ1n) is 8.37. The zero-order valence-electron chi connectivity index (χ0n) is 12.9. The van der Waals surface area contributed by atoms with E-state index < -0.39 is 0 Å². The van der Waals surface area contributed by atoms with Crippen molar-refractivity contribution in [2.24, 2.45) is 29.6 Å². The number of amides is 3. The van der Waals surface area contributed by atoms with Crippen LogP contribution in [0, 0.1) is 29.6 Å². The number of piperidine rings is 1. The summed E-state index contributed by atoms with van der Waals surface area (Å²) in [5.41, 5.74) is 0. The molecule has 0 aromatic carbocycles. The van der Waals surface area contributed by atoms with Crippen molar-refractivity contribution in [1.82, 2.24) is 9.80 Å². The Kier molecular flexibility index (Phi) is 3.13. The standard InChI is InChI=1S/C17H22N2O3/c1-10-3-2-6-18(8-10)13(20)9-19-16(21)14-11-4-5-12(7-11)15(14)17(19)22/h4-5,10-12,14-15H,2-3,6-9H2,1H3/t10-,11-,12+,14-,15+/m0/s1. The summed E-state index contributed by atoms with van der Waals surface area (Å²) in [6, 6.07) is 0. The van der Waals surface area contributed by atoms with Crippen LogP contribution in [-0.2, 0) is 14.4 Å². The quantitative estimate of drug-likeness (QED) is 0.566. The van der Waals surface area contributed by atoms with Gasteiger partial charge in [0.2, 0.25) is 17.7 Å². The number of carbonyl (C=O) groups is 3. The van der Waals surface area contributed by atoms with Crippen LogP contribution in [0.2, 0.25) is 0 Å². The van der Waals surface area contributed by atoms with E-state index in [2.05, 4.69) is 19.1 Å². The van der Waals surface area contributed by atoms with E-state index in [0.29, 0.717) is 5.92 Å². The first kappa shape index (κ1) is 14.0. The molecule has 1 saturated carbocycles. The van der Waals surface area contributed by atoms with E-state index in [-0.39, 0.29) is 47.9 Å². The van der Waals surface area contributed by atoms with Crippen LogP contribution in [-0.4, -0.2) is 47.2 Å². The maximum absolute atomic E-state index is 12.6. The molecule has 2 saturated heterocycles. The smallest absolute Gasteiger partial charge is 0.242 e. The lowest BCUT2D eigenvalue weighted by Crippen LogP contribution is -2.46. The lowest BCUT2D eigenvalue weighted by molar-refractivity contribution is -0.147. The van der Waals surface area contributed by atoms with Gasteiger partial charge in [0.1, 0.15) is 6.54 Å². The molecule has 0 unspecified atom stereocenters. The molecule has 0 aromatic rings. The van der Waals surface area contributed by atoms with Crippen LogP contribution < -0.4 is 0 Å². The fourth-order valence-electron chi connectivity index (χ4n) is 4.77. The van der Waals surface area contributed by atoms with Crippen molar-refractivity contribution in [3.63, 3.8) is 0 Å². The van der Waals surface area contributed by atoms with Gasteiger partial charge in [-0.1, -0.05) is 19.1 Å². The van der Waals surface area contributed by atoms with Gasteiger partial charge in [-0.3, -0.25) is 19.3 Å². The molecule has 0 radical (unpaired) electrons. The van der Waals surface area contributed by atoms with E-state index in [4.69, 9.17) is 0 Å². The maximum Gasteiger partial charge on any atom is 0.242 e. The third kappa shape index (κ3) is 1.94. The van der Waals surface area contributed by atoms with Crippen molar-refractivity contribution in [1.29, 1.82) is 0 Å². The number of hydrogen-bond acceptors (Lipinski definition) is 3. The Morgan fingerprint density at radius 1 is 1.18 bits per heavy atom. The molecule has 2 bridgehead atoms. The van der Waals surface area contributed by atoms with E-state index in [1.54, 1.807) is 0 Å². The van der Waals surface area contributed by atoms with E-state index in [9.17, 15) is 14.4 Å². The van der Waals surface area contributed by atoms with Crippen LogP contribution in [0.5, 0.6) is 0 Å². The van der Waals surface area contributed by atoms with Crippen molar-refractivity contribution in [3.8, 4) is 0 Å². The fourth-order valence-corrected chi connectivity index (χ4v) is 4.77. The number of carbonyl (C=O) groups excluding carboxylic acids is 3.